The Labute approximate surface area is 160 Å². The van der Waals surface area contributed by atoms with E-state index >= 15 is 0 Å². The molecule has 0 atom stereocenters. The fourth-order valence-electron chi connectivity index (χ4n) is 3.14. The number of aromatic nitrogens is 5. The lowest BCUT2D eigenvalue weighted by molar-refractivity contribution is 0.0947. The minimum Gasteiger partial charge on any atom is -0.351 e. The third-order valence-corrected chi connectivity index (χ3v) is 4.46. The summed E-state index contributed by atoms with van der Waals surface area (Å²) in [6.07, 6.45) is 0. The van der Waals surface area contributed by atoms with Crippen LogP contribution < -0.4 is 10.9 Å². The number of H-pyrrole nitrogens is 1. The molecular weight excluding hydrogens is 356 g/mol. The Morgan fingerprint density at radius 2 is 1.93 bits per heavy atom. The molecule has 0 fully saturated rings. The molecule has 0 aliphatic heterocycles. The van der Waals surface area contributed by atoms with E-state index in [2.05, 4.69) is 20.5 Å². The molecular formula is C20H20N6O2. The van der Waals surface area contributed by atoms with Gasteiger partial charge in [0.25, 0.3) is 11.5 Å². The zero-order chi connectivity index (χ0) is 19.7. The number of aryl methyl sites for hydroxylation is 2. The van der Waals surface area contributed by atoms with Crippen molar-refractivity contribution >= 4 is 16.8 Å². The first-order valence-corrected chi connectivity index (χ1v) is 8.99. The van der Waals surface area contributed by atoms with Crippen LogP contribution in [-0.4, -0.2) is 37.0 Å². The van der Waals surface area contributed by atoms with Crippen LogP contribution in [0.15, 0.2) is 53.3 Å². The van der Waals surface area contributed by atoms with Gasteiger partial charge in [-0.15, -0.1) is 5.10 Å². The second-order valence-corrected chi connectivity index (χ2v) is 6.62. The number of hydrogen-bond acceptors (Lipinski definition) is 4. The van der Waals surface area contributed by atoms with Crippen molar-refractivity contribution in [3.8, 4) is 5.82 Å². The minimum absolute atomic E-state index is 0.223. The molecule has 0 saturated heterocycles. The zero-order valence-corrected chi connectivity index (χ0v) is 15.6. The molecule has 0 aliphatic carbocycles. The van der Waals surface area contributed by atoms with Crippen molar-refractivity contribution in [3.05, 3.63) is 76.0 Å². The van der Waals surface area contributed by atoms with Crippen LogP contribution in [-0.2, 0) is 6.54 Å². The van der Waals surface area contributed by atoms with Gasteiger partial charge in [0, 0.05) is 29.2 Å². The number of carbonyl (C=O) groups excluding carboxylic acids is 1. The molecule has 0 aliphatic rings. The minimum atomic E-state index is -0.231. The van der Waals surface area contributed by atoms with Crippen molar-refractivity contribution in [2.45, 2.75) is 20.4 Å². The van der Waals surface area contributed by atoms with E-state index < -0.39 is 0 Å². The van der Waals surface area contributed by atoms with E-state index in [1.165, 1.54) is 10.7 Å². The number of para-hydroxylation sites is 1. The lowest BCUT2D eigenvalue weighted by Gasteiger charge is -2.09. The van der Waals surface area contributed by atoms with Crippen LogP contribution >= 0.6 is 0 Å². The molecule has 1 amide bonds. The number of fused-ring (bicyclic) bond motifs is 1. The highest BCUT2D eigenvalue weighted by Gasteiger charge is 2.10. The number of hydrogen-bond donors (Lipinski definition) is 2. The molecule has 142 valence electrons. The maximum absolute atomic E-state index is 12.4. The fraction of sp³-hybridized carbons (Fsp3) is 0.200. The van der Waals surface area contributed by atoms with E-state index in [1.807, 2.05) is 44.2 Å². The lowest BCUT2D eigenvalue weighted by atomic mass is 10.2. The van der Waals surface area contributed by atoms with E-state index in [0.29, 0.717) is 11.5 Å². The molecule has 0 radical (unpaired) electrons. The SMILES string of the molecule is Cc1cc(C)n(-c2ccc(=O)n(CCNC(=O)c3cc4ccccc4[nH]3)n2)n1. The van der Waals surface area contributed by atoms with E-state index in [4.69, 9.17) is 0 Å². The first kappa shape index (κ1) is 17.7. The first-order chi connectivity index (χ1) is 13.5. The Kier molecular flexibility index (Phi) is 4.52. The molecule has 3 aromatic heterocycles. The van der Waals surface area contributed by atoms with Crippen LogP contribution in [0.3, 0.4) is 0 Å². The average Bonchev–Trinajstić information content (AvgIpc) is 3.26. The predicted octanol–water partition coefficient (Wildman–Crippen LogP) is 1.96. The molecule has 1 aromatic carbocycles. The number of nitrogens with one attached hydrogen (secondary N) is 2. The Morgan fingerprint density at radius 3 is 2.68 bits per heavy atom. The van der Waals surface area contributed by atoms with E-state index in [0.717, 1.165) is 22.3 Å². The Morgan fingerprint density at radius 1 is 1.11 bits per heavy atom. The zero-order valence-electron chi connectivity index (χ0n) is 15.6. The number of amides is 1. The number of carbonyl (C=O) groups is 1. The molecule has 4 aromatic rings. The van der Waals surface area contributed by atoms with Gasteiger partial charge in [-0.1, -0.05) is 18.2 Å². The topological polar surface area (TPSA) is 97.6 Å². The van der Waals surface area contributed by atoms with Crippen LogP contribution in [0.1, 0.15) is 21.9 Å². The highest BCUT2D eigenvalue weighted by atomic mass is 16.2. The molecule has 8 heteroatoms. The van der Waals surface area contributed by atoms with Gasteiger partial charge in [-0.2, -0.15) is 5.10 Å². The highest BCUT2D eigenvalue weighted by Crippen LogP contribution is 2.14. The molecule has 0 saturated carbocycles. The van der Waals surface area contributed by atoms with E-state index in [9.17, 15) is 9.59 Å². The van der Waals surface area contributed by atoms with E-state index in [1.54, 1.807) is 16.8 Å². The van der Waals surface area contributed by atoms with Gasteiger partial charge in [0.05, 0.1) is 12.2 Å². The summed E-state index contributed by atoms with van der Waals surface area (Å²) in [7, 11) is 0. The van der Waals surface area contributed by atoms with Crippen molar-refractivity contribution in [1.29, 1.82) is 0 Å². The van der Waals surface area contributed by atoms with Gasteiger partial charge in [0.2, 0.25) is 0 Å². The number of benzene rings is 1. The number of nitrogens with zero attached hydrogens (tertiary/aromatic N) is 4. The smallest absolute Gasteiger partial charge is 0.267 e. The van der Waals surface area contributed by atoms with Crippen molar-refractivity contribution in [3.63, 3.8) is 0 Å². The van der Waals surface area contributed by atoms with Gasteiger partial charge in [-0.3, -0.25) is 9.59 Å². The monoisotopic (exact) mass is 376 g/mol. The lowest BCUT2D eigenvalue weighted by Crippen LogP contribution is -2.32. The van der Waals surface area contributed by atoms with Crippen LogP contribution in [0.2, 0.25) is 0 Å². The molecule has 0 spiro atoms. The summed E-state index contributed by atoms with van der Waals surface area (Å²) < 4.78 is 3.02. The van der Waals surface area contributed by atoms with Crippen molar-refractivity contribution < 1.29 is 4.79 Å². The quantitative estimate of drug-likeness (QED) is 0.556. The van der Waals surface area contributed by atoms with Crippen molar-refractivity contribution in [2.24, 2.45) is 0 Å². The summed E-state index contributed by atoms with van der Waals surface area (Å²) in [5, 5.41) is 12.5. The number of rotatable bonds is 5. The van der Waals surface area contributed by atoms with Crippen LogP contribution in [0.4, 0.5) is 0 Å². The van der Waals surface area contributed by atoms with Gasteiger partial charge in [-0.05, 0) is 38.1 Å². The van der Waals surface area contributed by atoms with Gasteiger partial charge in [-0.25, -0.2) is 9.36 Å². The highest BCUT2D eigenvalue weighted by molar-refractivity contribution is 5.97. The predicted molar refractivity (Wildman–Crippen MR) is 106 cm³/mol. The van der Waals surface area contributed by atoms with Crippen LogP contribution in [0, 0.1) is 13.8 Å². The molecule has 8 nitrogen and oxygen atoms in total. The second kappa shape index (κ2) is 7.15. The normalized spacial score (nSPS) is 11.1. The van der Waals surface area contributed by atoms with Crippen LogP contribution in [0.25, 0.3) is 16.7 Å². The Hall–Kier alpha value is -3.68. The standard InChI is InChI=1S/C20H20N6O2/c1-13-11-14(2)26(23-13)18-7-8-19(27)25(24-18)10-9-21-20(28)17-12-15-5-3-4-6-16(15)22-17/h3-8,11-12,22H,9-10H2,1-2H3,(H,21,28). The molecule has 0 unspecified atom stereocenters. The second-order valence-electron chi connectivity index (χ2n) is 6.62. The maximum Gasteiger partial charge on any atom is 0.267 e. The van der Waals surface area contributed by atoms with Crippen molar-refractivity contribution in [1.82, 2.24) is 29.9 Å². The Balaban J connectivity index is 1.46. The average molecular weight is 376 g/mol. The van der Waals surface area contributed by atoms with Crippen molar-refractivity contribution in [2.75, 3.05) is 6.54 Å². The molecule has 4 rings (SSSR count). The summed E-state index contributed by atoms with van der Waals surface area (Å²) >= 11 is 0. The van der Waals surface area contributed by atoms with Gasteiger partial charge in [0.15, 0.2) is 5.82 Å². The third kappa shape index (κ3) is 3.44. The first-order valence-electron chi connectivity index (χ1n) is 8.99. The maximum atomic E-state index is 12.4. The Bertz CT molecular complexity index is 1180. The third-order valence-electron chi connectivity index (χ3n) is 4.46. The van der Waals surface area contributed by atoms with Gasteiger partial charge in [0.1, 0.15) is 5.69 Å². The largest absolute Gasteiger partial charge is 0.351 e. The van der Waals surface area contributed by atoms with Crippen LogP contribution in [0.5, 0.6) is 0 Å². The summed E-state index contributed by atoms with van der Waals surface area (Å²) in [6.45, 7) is 4.37. The fourth-order valence-corrected chi connectivity index (χ4v) is 3.14. The van der Waals surface area contributed by atoms with Gasteiger partial charge >= 0.3 is 0 Å². The summed E-state index contributed by atoms with van der Waals surface area (Å²) in [4.78, 5) is 27.6. The van der Waals surface area contributed by atoms with Gasteiger partial charge < -0.3 is 10.3 Å². The summed E-state index contributed by atoms with van der Waals surface area (Å²) in [5.41, 5.74) is 2.97. The molecule has 0 bridgehead atoms. The van der Waals surface area contributed by atoms with E-state index in [-0.39, 0.29) is 24.6 Å². The summed E-state index contributed by atoms with van der Waals surface area (Å²) in [6, 6.07) is 14.5. The number of aromatic amines is 1. The molecule has 3 heterocycles. The molecule has 2 N–H and O–H groups in total. The molecule has 28 heavy (non-hydrogen) atoms. The summed E-state index contributed by atoms with van der Waals surface area (Å²) in [5.74, 6) is 0.339.